The van der Waals surface area contributed by atoms with Gasteiger partial charge in [-0.05, 0) is 12.5 Å². The summed E-state index contributed by atoms with van der Waals surface area (Å²) in [7, 11) is 0. The number of hydrogen-bond acceptors (Lipinski definition) is 6. The Kier molecular flexibility index (Phi) is 6.75. The van der Waals surface area contributed by atoms with Crippen molar-refractivity contribution in [3.8, 4) is 0 Å². The van der Waals surface area contributed by atoms with Crippen LogP contribution in [0.5, 0.6) is 0 Å². The largest absolute Gasteiger partial charge is 0.350 e. The van der Waals surface area contributed by atoms with Crippen molar-refractivity contribution >= 4 is 17.2 Å². The monoisotopic (exact) mass is 325 g/mol. The summed E-state index contributed by atoms with van der Waals surface area (Å²) in [5.41, 5.74) is 6.00. The van der Waals surface area contributed by atoms with Crippen LogP contribution in [0.4, 0.5) is 0 Å². The van der Waals surface area contributed by atoms with E-state index in [2.05, 4.69) is 33.9 Å². The fraction of sp³-hybridized carbons (Fsp3) is 0.733. The van der Waals surface area contributed by atoms with Crippen LogP contribution in [0.1, 0.15) is 29.3 Å². The van der Waals surface area contributed by atoms with Crippen molar-refractivity contribution in [1.29, 1.82) is 0 Å². The molecule has 0 aromatic carbocycles. The highest BCUT2D eigenvalue weighted by atomic mass is 32.1. The first kappa shape index (κ1) is 17.3. The molecule has 1 amide bonds. The summed E-state index contributed by atoms with van der Waals surface area (Å²) in [6.45, 7) is 12.2. The molecule has 124 valence electrons. The summed E-state index contributed by atoms with van der Waals surface area (Å²) in [6.07, 6.45) is 0. The molecule has 0 saturated carbocycles. The number of piperazine rings is 1. The Bertz CT molecular complexity index is 470. The summed E-state index contributed by atoms with van der Waals surface area (Å²) < 4.78 is 0. The van der Waals surface area contributed by atoms with Crippen molar-refractivity contribution in [3.63, 3.8) is 0 Å². The van der Waals surface area contributed by atoms with Crippen LogP contribution in [-0.4, -0.2) is 66.5 Å². The van der Waals surface area contributed by atoms with Gasteiger partial charge in [-0.2, -0.15) is 0 Å². The van der Waals surface area contributed by atoms with E-state index in [1.165, 1.54) is 11.3 Å². The van der Waals surface area contributed by atoms with E-state index in [0.717, 1.165) is 44.3 Å². The number of aromatic nitrogens is 1. The molecule has 2 rings (SSSR count). The fourth-order valence-corrected chi connectivity index (χ4v) is 3.31. The van der Waals surface area contributed by atoms with E-state index >= 15 is 0 Å². The number of nitrogens with two attached hydrogens (primary N) is 1. The van der Waals surface area contributed by atoms with Gasteiger partial charge in [0, 0.05) is 51.2 Å². The molecule has 6 nitrogen and oxygen atoms in total. The topological polar surface area (TPSA) is 74.5 Å². The van der Waals surface area contributed by atoms with Crippen LogP contribution in [0.3, 0.4) is 0 Å². The van der Waals surface area contributed by atoms with Gasteiger partial charge < -0.3 is 20.9 Å². The highest BCUT2D eigenvalue weighted by Crippen LogP contribution is 2.09. The number of likely N-dealkylation sites (N-methyl/N-ethyl adjacent to an activating group) is 1. The third-order valence-corrected chi connectivity index (χ3v) is 4.92. The second-order valence-electron chi connectivity index (χ2n) is 5.88. The van der Waals surface area contributed by atoms with Gasteiger partial charge in [-0.25, -0.2) is 4.98 Å². The lowest BCUT2D eigenvalue weighted by atomic mass is 10.1. The molecule has 0 spiro atoms. The molecule has 1 saturated heterocycles. The van der Waals surface area contributed by atoms with E-state index in [1.807, 2.05) is 0 Å². The lowest BCUT2D eigenvalue weighted by Crippen LogP contribution is -2.48. The molecular weight excluding hydrogens is 298 g/mol. The minimum atomic E-state index is -0.0985. The SMILES string of the molecule is CCN1CCN(CC(C)CNC(=O)c2csc(CN)n2)CC1. The molecule has 1 atom stereocenters. The molecule has 1 aromatic rings. The zero-order chi connectivity index (χ0) is 15.9. The van der Waals surface area contributed by atoms with Crippen LogP contribution in [-0.2, 0) is 6.54 Å². The van der Waals surface area contributed by atoms with Crippen LogP contribution in [0.25, 0.3) is 0 Å². The summed E-state index contributed by atoms with van der Waals surface area (Å²) in [5.74, 6) is 0.336. The number of thiazole rings is 1. The molecule has 0 aliphatic carbocycles. The quantitative estimate of drug-likeness (QED) is 0.768. The van der Waals surface area contributed by atoms with Gasteiger partial charge >= 0.3 is 0 Å². The van der Waals surface area contributed by atoms with Gasteiger partial charge in [0.2, 0.25) is 0 Å². The number of rotatable bonds is 7. The van der Waals surface area contributed by atoms with Crippen LogP contribution in [0.15, 0.2) is 5.38 Å². The molecule has 1 fully saturated rings. The second-order valence-corrected chi connectivity index (χ2v) is 6.82. The summed E-state index contributed by atoms with van der Waals surface area (Å²) in [6, 6.07) is 0. The number of carbonyl (C=O) groups is 1. The highest BCUT2D eigenvalue weighted by molar-refractivity contribution is 7.09. The fourth-order valence-electron chi connectivity index (χ4n) is 2.66. The van der Waals surface area contributed by atoms with Crippen molar-refractivity contribution in [2.24, 2.45) is 11.7 Å². The van der Waals surface area contributed by atoms with E-state index in [0.29, 0.717) is 24.7 Å². The van der Waals surface area contributed by atoms with Gasteiger partial charge in [0.25, 0.3) is 5.91 Å². The van der Waals surface area contributed by atoms with E-state index in [-0.39, 0.29) is 5.91 Å². The zero-order valence-corrected chi connectivity index (χ0v) is 14.4. The van der Waals surface area contributed by atoms with E-state index in [4.69, 9.17) is 5.73 Å². The zero-order valence-electron chi connectivity index (χ0n) is 13.5. The van der Waals surface area contributed by atoms with Gasteiger partial charge in [-0.3, -0.25) is 4.79 Å². The van der Waals surface area contributed by atoms with Crippen molar-refractivity contribution < 1.29 is 4.79 Å². The summed E-state index contributed by atoms with van der Waals surface area (Å²) >= 11 is 1.43. The maximum absolute atomic E-state index is 12.0. The van der Waals surface area contributed by atoms with E-state index < -0.39 is 0 Å². The first-order valence-corrected chi connectivity index (χ1v) is 8.87. The number of nitrogens with one attached hydrogen (secondary N) is 1. The number of amides is 1. The third kappa shape index (κ3) is 5.01. The number of nitrogens with zero attached hydrogens (tertiary/aromatic N) is 3. The van der Waals surface area contributed by atoms with Crippen LogP contribution in [0.2, 0.25) is 0 Å². The smallest absolute Gasteiger partial charge is 0.270 e. The average Bonchev–Trinajstić information content (AvgIpc) is 3.02. The minimum absolute atomic E-state index is 0.0985. The average molecular weight is 325 g/mol. The van der Waals surface area contributed by atoms with Gasteiger partial charge in [-0.1, -0.05) is 13.8 Å². The Labute approximate surface area is 136 Å². The minimum Gasteiger partial charge on any atom is -0.350 e. The van der Waals surface area contributed by atoms with Gasteiger partial charge in [0.1, 0.15) is 10.7 Å². The van der Waals surface area contributed by atoms with Crippen molar-refractivity contribution in [1.82, 2.24) is 20.1 Å². The number of carbonyl (C=O) groups excluding carboxylic acids is 1. The molecule has 22 heavy (non-hydrogen) atoms. The maximum Gasteiger partial charge on any atom is 0.270 e. The molecular formula is C15H27N5OS. The Morgan fingerprint density at radius 1 is 1.41 bits per heavy atom. The Hall–Kier alpha value is -1.02. The predicted octanol–water partition coefficient (Wildman–Crippen LogP) is 0.605. The lowest BCUT2D eigenvalue weighted by Gasteiger charge is -2.35. The highest BCUT2D eigenvalue weighted by Gasteiger charge is 2.18. The summed E-state index contributed by atoms with van der Waals surface area (Å²) in [4.78, 5) is 21.2. The van der Waals surface area contributed by atoms with Crippen molar-refractivity contribution in [2.45, 2.75) is 20.4 Å². The lowest BCUT2D eigenvalue weighted by molar-refractivity contribution is 0.0929. The normalized spacial score (nSPS) is 18.3. The van der Waals surface area contributed by atoms with E-state index in [1.54, 1.807) is 5.38 Å². The Morgan fingerprint density at radius 2 is 2.09 bits per heavy atom. The van der Waals surface area contributed by atoms with Crippen molar-refractivity contribution in [2.75, 3.05) is 45.8 Å². The Morgan fingerprint density at radius 3 is 2.68 bits per heavy atom. The number of hydrogen-bond donors (Lipinski definition) is 2. The second kappa shape index (κ2) is 8.57. The Balaban J connectivity index is 1.69. The summed E-state index contributed by atoms with van der Waals surface area (Å²) in [5, 5.41) is 5.54. The van der Waals surface area contributed by atoms with Gasteiger partial charge in [-0.15, -0.1) is 11.3 Å². The molecule has 1 aliphatic heterocycles. The molecule has 1 aromatic heterocycles. The van der Waals surface area contributed by atoms with Gasteiger partial charge in [0.15, 0.2) is 0 Å². The molecule has 2 heterocycles. The molecule has 3 N–H and O–H groups in total. The first-order valence-electron chi connectivity index (χ1n) is 7.99. The van der Waals surface area contributed by atoms with E-state index in [9.17, 15) is 4.79 Å². The van der Waals surface area contributed by atoms with Crippen LogP contribution >= 0.6 is 11.3 Å². The van der Waals surface area contributed by atoms with Crippen LogP contribution < -0.4 is 11.1 Å². The molecule has 1 aliphatic rings. The third-order valence-electron chi connectivity index (χ3n) is 4.05. The van der Waals surface area contributed by atoms with Gasteiger partial charge in [0.05, 0.1) is 0 Å². The maximum atomic E-state index is 12.0. The standard InChI is InChI=1S/C15H27N5OS/c1-3-19-4-6-20(7-5-19)10-12(2)9-17-15(21)13-11-22-14(8-16)18-13/h11-12H,3-10,16H2,1-2H3,(H,17,21). The molecule has 7 heteroatoms. The molecule has 0 radical (unpaired) electrons. The predicted molar refractivity (Wildman–Crippen MR) is 90.1 cm³/mol. The van der Waals surface area contributed by atoms with Crippen molar-refractivity contribution in [3.05, 3.63) is 16.1 Å². The molecule has 1 unspecified atom stereocenters. The molecule has 0 bridgehead atoms. The van der Waals surface area contributed by atoms with Crippen LogP contribution in [0, 0.1) is 5.92 Å². The first-order chi connectivity index (χ1) is 10.6.